The maximum absolute atomic E-state index is 5.63. The van der Waals surface area contributed by atoms with Gasteiger partial charge in [0.2, 0.25) is 0 Å². The number of nitrogens with two attached hydrogens (primary N) is 1. The number of hydrogen-bond acceptors (Lipinski definition) is 3. The molecule has 1 atom stereocenters. The van der Waals surface area contributed by atoms with E-state index >= 15 is 0 Å². The maximum Gasteiger partial charge on any atom is 0.128 e. The van der Waals surface area contributed by atoms with E-state index in [0.717, 1.165) is 24.8 Å². The first-order valence-electron chi connectivity index (χ1n) is 5.69. The van der Waals surface area contributed by atoms with Crippen molar-refractivity contribution in [2.75, 3.05) is 18.0 Å². The van der Waals surface area contributed by atoms with Gasteiger partial charge < -0.3 is 10.6 Å². The molecule has 0 aromatic carbocycles. The molecule has 0 aliphatic carbocycles. The first-order chi connectivity index (χ1) is 7.29. The summed E-state index contributed by atoms with van der Waals surface area (Å²) in [4.78, 5) is 6.78. The van der Waals surface area contributed by atoms with Crippen molar-refractivity contribution in [3.63, 3.8) is 0 Å². The lowest BCUT2D eigenvalue weighted by atomic mass is 10.0. The quantitative estimate of drug-likeness (QED) is 0.800. The number of nitrogens with zero attached hydrogens (tertiary/aromatic N) is 2. The van der Waals surface area contributed by atoms with Crippen LogP contribution in [0.2, 0.25) is 0 Å². The van der Waals surface area contributed by atoms with Gasteiger partial charge >= 0.3 is 0 Å². The molecule has 1 fully saturated rings. The third kappa shape index (κ3) is 2.48. The van der Waals surface area contributed by atoms with Crippen molar-refractivity contribution < 1.29 is 0 Å². The Bertz CT molecular complexity index is 324. The van der Waals surface area contributed by atoms with E-state index in [1.807, 2.05) is 12.3 Å². The Morgan fingerprint density at radius 2 is 2.47 bits per heavy atom. The highest BCUT2D eigenvalue weighted by Crippen LogP contribution is 2.21. The molecule has 1 aliphatic heterocycles. The lowest BCUT2D eigenvalue weighted by Crippen LogP contribution is -2.34. The molecule has 15 heavy (non-hydrogen) atoms. The van der Waals surface area contributed by atoms with Gasteiger partial charge in [-0.2, -0.15) is 0 Å². The molecule has 1 saturated heterocycles. The van der Waals surface area contributed by atoms with Crippen LogP contribution in [-0.2, 0) is 6.54 Å². The topological polar surface area (TPSA) is 42.1 Å². The van der Waals surface area contributed by atoms with Crippen molar-refractivity contribution in [2.45, 2.75) is 26.3 Å². The van der Waals surface area contributed by atoms with Gasteiger partial charge in [0.1, 0.15) is 5.82 Å². The molecule has 0 radical (unpaired) electrons. The minimum Gasteiger partial charge on any atom is -0.356 e. The monoisotopic (exact) mass is 205 g/mol. The van der Waals surface area contributed by atoms with Gasteiger partial charge in [-0.3, -0.25) is 0 Å². The third-order valence-corrected chi connectivity index (χ3v) is 3.03. The smallest absolute Gasteiger partial charge is 0.128 e. The normalized spacial score (nSPS) is 21.7. The van der Waals surface area contributed by atoms with E-state index in [4.69, 9.17) is 5.73 Å². The second-order valence-electron chi connectivity index (χ2n) is 4.42. The van der Waals surface area contributed by atoms with E-state index in [1.165, 1.54) is 18.4 Å². The van der Waals surface area contributed by atoms with Crippen molar-refractivity contribution in [3.8, 4) is 0 Å². The van der Waals surface area contributed by atoms with Crippen LogP contribution >= 0.6 is 0 Å². The molecule has 3 heteroatoms. The first kappa shape index (κ1) is 10.4. The van der Waals surface area contributed by atoms with Crippen LogP contribution in [0.1, 0.15) is 25.3 Å². The summed E-state index contributed by atoms with van der Waals surface area (Å²) in [6.45, 7) is 5.16. The summed E-state index contributed by atoms with van der Waals surface area (Å²) in [5.74, 6) is 1.87. The summed E-state index contributed by atoms with van der Waals surface area (Å²) in [6, 6.07) is 4.09. The fourth-order valence-electron chi connectivity index (χ4n) is 2.16. The van der Waals surface area contributed by atoms with Gasteiger partial charge in [0.15, 0.2) is 0 Å². The molecule has 0 spiro atoms. The van der Waals surface area contributed by atoms with Crippen molar-refractivity contribution in [3.05, 3.63) is 23.9 Å². The van der Waals surface area contributed by atoms with Crippen LogP contribution < -0.4 is 10.6 Å². The summed E-state index contributed by atoms with van der Waals surface area (Å²) >= 11 is 0. The van der Waals surface area contributed by atoms with Gasteiger partial charge in [0.05, 0.1) is 0 Å². The molecule has 0 bridgehead atoms. The molecule has 2 rings (SSSR count). The molecule has 1 aliphatic rings. The van der Waals surface area contributed by atoms with Crippen molar-refractivity contribution in [1.29, 1.82) is 0 Å². The number of pyridine rings is 1. The molecular formula is C12H19N3. The molecule has 0 saturated carbocycles. The highest BCUT2D eigenvalue weighted by molar-refractivity contribution is 5.41. The summed E-state index contributed by atoms with van der Waals surface area (Å²) in [6.07, 6.45) is 4.47. The number of anilines is 1. The number of piperidine rings is 1. The zero-order valence-electron chi connectivity index (χ0n) is 9.32. The molecule has 2 N–H and O–H groups in total. The van der Waals surface area contributed by atoms with Crippen LogP contribution in [0.25, 0.3) is 0 Å². The lowest BCUT2D eigenvalue weighted by molar-refractivity contribution is 0.444. The molecule has 3 nitrogen and oxygen atoms in total. The molecule has 1 aromatic rings. The van der Waals surface area contributed by atoms with Crippen LogP contribution in [-0.4, -0.2) is 18.1 Å². The van der Waals surface area contributed by atoms with E-state index in [1.54, 1.807) is 0 Å². The van der Waals surface area contributed by atoms with Crippen LogP contribution in [0.3, 0.4) is 0 Å². The first-order valence-corrected chi connectivity index (χ1v) is 5.69. The SMILES string of the molecule is C[C@@H]1CCCN(c2cc(CN)ccn2)C1. The summed E-state index contributed by atoms with van der Waals surface area (Å²) in [7, 11) is 0. The fraction of sp³-hybridized carbons (Fsp3) is 0.583. The zero-order chi connectivity index (χ0) is 10.7. The Labute approximate surface area is 91.3 Å². The van der Waals surface area contributed by atoms with Gasteiger partial charge in [-0.05, 0) is 36.5 Å². The van der Waals surface area contributed by atoms with E-state index < -0.39 is 0 Å². The molecule has 82 valence electrons. The zero-order valence-corrected chi connectivity index (χ0v) is 9.32. The Hall–Kier alpha value is -1.09. The highest BCUT2D eigenvalue weighted by atomic mass is 15.2. The Balaban J connectivity index is 2.13. The maximum atomic E-state index is 5.63. The Morgan fingerprint density at radius 3 is 3.20 bits per heavy atom. The molecule has 0 amide bonds. The van der Waals surface area contributed by atoms with Crippen LogP contribution in [0.4, 0.5) is 5.82 Å². The van der Waals surface area contributed by atoms with Crippen molar-refractivity contribution >= 4 is 5.82 Å². The molecule has 2 heterocycles. The Kier molecular flexibility index (Phi) is 3.21. The molecular weight excluding hydrogens is 186 g/mol. The van der Waals surface area contributed by atoms with Crippen molar-refractivity contribution in [1.82, 2.24) is 4.98 Å². The van der Waals surface area contributed by atoms with E-state index in [-0.39, 0.29) is 0 Å². The summed E-state index contributed by atoms with van der Waals surface area (Å²) in [5.41, 5.74) is 6.79. The Morgan fingerprint density at radius 1 is 1.60 bits per heavy atom. The standard InChI is InChI=1S/C12H19N3/c1-10-3-2-6-15(9-10)12-7-11(8-13)4-5-14-12/h4-5,7,10H,2-3,6,8-9,13H2,1H3/t10-/m1/s1. The van der Waals surface area contributed by atoms with Gasteiger partial charge in [-0.25, -0.2) is 4.98 Å². The number of rotatable bonds is 2. The fourth-order valence-corrected chi connectivity index (χ4v) is 2.16. The second-order valence-corrected chi connectivity index (χ2v) is 4.42. The number of hydrogen-bond donors (Lipinski definition) is 1. The predicted octanol–water partition coefficient (Wildman–Crippen LogP) is 1.78. The van der Waals surface area contributed by atoms with Crippen LogP contribution in [0.15, 0.2) is 18.3 Å². The minimum absolute atomic E-state index is 0.596. The average molecular weight is 205 g/mol. The molecule has 1 aromatic heterocycles. The average Bonchev–Trinajstić information content (AvgIpc) is 2.29. The summed E-state index contributed by atoms with van der Waals surface area (Å²) in [5, 5.41) is 0. The predicted molar refractivity (Wildman–Crippen MR) is 62.7 cm³/mol. The van der Waals surface area contributed by atoms with E-state index in [0.29, 0.717) is 6.54 Å². The third-order valence-electron chi connectivity index (χ3n) is 3.03. The second kappa shape index (κ2) is 4.62. The van der Waals surface area contributed by atoms with Gasteiger partial charge in [-0.15, -0.1) is 0 Å². The van der Waals surface area contributed by atoms with E-state index in [9.17, 15) is 0 Å². The number of aromatic nitrogens is 1. The van der Waals surface area contributed by atoms with Gasteiger partial charge in [-0.1, -0.05) is 6.92 Å². The van der Waals surface area contributed by atoms with E-state index in [2.05, 4.69) is 22.9 Å². The molecule has 0 unspecified atom stereocenters. The van der Waals surface area contributed by atoms with Crippen LogP contribution in [0, 0.1) is 5.92 Å². The largest absolute Gasteiger partial charge is 0.356 e. The lowest BCUT2D eigenvalue weighted by Gasteiger charge is -2.32. The summed E-state index contributed by atoms with van der Waals surface area (Å²) < 4.78 is 0. The van der Waals surface area contributed by atoms with Crippen molar-refractivity contribution in [2.24, 2.45) is 11.7 Å². The highest BCUT2D eigenvalue weighted by Gasteiger charge is 2.17. The van der Waals surface area contributed by atoms with Crippen LogP contribution in [0.5, 0.6) is 0 Å². The minimum atomic E-state index is 0.596. The van der Waals surface area contributed by atoms with Gasteiger partial charge in [0, 0.05) is 25.8 Å². The van der Waals surface area contributed by atoms with Gasteiger partial charge in [0.25, 0.3) is 0 Å².